The van der Waals surface area contributed by atoms with E-state index in [1.54, 1.807) is 6.92 Å². The van der Waals surface area contributed by atoms with Crippen molar-refractivity contribution in [2.45, 2.75) is 13.8 Å². The number of aromatic hydroxyl groups is 1. The van der Waals surface area contributed by atoms with E-state index in [0.29, 0.717) is 11.1 Å². The van der Waals surface area contributed by atoms with Gasteiger partial charge in [0.05, 0.1) is 5.56 Å². The van der Waals surface area contributed by atoms with Crippen LogP contribution >= 0.6 is 11.6 Å². The summed E-state index contributed by atoms with van der Waals surface area (Å²) in [7, 11) is 0. The molecule has 2 aromatic carbocycles. The van der Waals surface area contributed by atoms with Crippen LogP contribution in [0.3, 0.4) is 0 Å². The molecule has 7 heteroatoms. The molecule has 3 rings (SSSR count). The van der Waals surface area contributed by atoms with Crippen molar-refractivity contribution in [3.8, 4) is 5.75 Å². The number of aryl methyl sites for hydroxylation is 2. The zero-order chi connectivity index (χ0) is 18.1. The lowest BCUT2D eigenvalue weighted by atomic mass is 10.1. The Morgan fingerprint density at radius 1 is 1.08 bits per heavy atom. The first-order valence-corrected chi connectivity index (χ1v) is 7.84. The summed E-state index contributed by atoms with van der Waals surface area (Å²) >= 11 is 5.81. The van der Waals surface area contributed by atoms with E-state index < -0.39 is 11.8 Å². The highest BCUT2D eigenvalue weighted by molar-refractivity contribution is 6.31. The number of para-hydroxylation sites is 1. The van der Waals surface area contributed by atoms with Crippen molar-refractivity contribution in [1.82, 2.24) is 10.9 Å². The first-order chi connectivity index (χ1) is 11.9. The van der Waals surface area contributed by atoms with Crippen LogP contribution in [-0.4, -0.2) is 16.9 Å². The Morgan fingerprint density at radius 2 is 1.80 bits per heavy atom. The Morgan fingerprint density at radius 3 is 2.52 bits per heavy atom. The molecule has 0 saturated heterocycles. The summed E-state index contributed by atoms with van der Waals surface area (Å²) in [5, 5.41) is 10.8. The van der Waals surface area contributed by atoms with Crippen LogP contribution in [0.1, 0.15) is 32.0 Å². The number of hydrogen-bond donors (Lipinski definition) is 3. The third-order valence-corrected chi connectivity index (χ3v) is 4.09. The van der Waals surface area contributed by atoms with Gasteiger partial charge in [0.2, 0.25) is 0 Å². The molecule has 0 radical (unpaired) electrons. The van der Waals surface area contributed by atoms with Gasteiger partial charge < -0.3 is 9.52 Å². The predicted octanol–water partition coefficient (Wildman–Crippen LogP) is 3.48. The third kappa shape index (κ3) is 3.16. The number of carbonyl (C=O) groups excluding carboxylic acids is 2. The second kappa shape index (κ2) is 6.49. The first-order valence-electron chi connectivity index (χ1n) is 7.46. The van der Waals surface area contributed by atoms with Gasteiger partial charge in [0.15, 0.2) is 5.76 Å². The van der Waals surface area contributed by atoms with Crippen LogP contribution in [0.4, 0.5) is 0 Å². The van der Waals surface area contributed by atoms with Crippen LogP contribution in [0, 0.1) is 13.8 Å². The van der Waals surface area contributed by atoms with Crippen LogP contribution in [0.25, 0.3) is 11.0 Å². The molecule has 0 bridgehead atoms. The van der Waals surface area contributed by atoms with Crippen LogP contribution < -0.4 is 10.9 Å². The van der Waals surface area contributed by atoms with Crippen molar-refractivity contribution >= 4 is 34.4 Å². The number of hydrazine groups is 1. The number of phenols is 1. The van der Waals surface area contributed by atoms with Crippen molar-refractivity contribution < 1.29 is 19.1 Å². The molecule has 0 aliphatic carbocycles. The molecule has 3 aromatic rings. The van der Waals surface area contributed by atoms with E-state index in [4.69, 9.17) is 16.0 Å². The largest absolute Gasteiger partial charge is 0.507 e. The number of carbonyl (C=O) groups is 2. The Bertz CT molecular complexity index is 994. The van der Waals surface area contributed by atoms with Crippen molar-refractivity contribution in [2.75, 3.05) is 0 Å². The van der Waals surface area contributed by atoms with Crippen LogP contribution in [0.2, 0.25) is 5.02 Å². The van der Waals surface area contributed by atoms with E-state index in [9.17, 15) is 14.7 Å². The van der Waals surface area contributed by atoms with E-state index in [-0.39, 0.29) is 22.1 Å². The van der Waals surface area contributed by atoms with Crippen molar-refractivity contribution in [3.63, 3.8) is 0 Å². The van der Waals surface area contributed by atoms with Gasteiger partial charge in [-0.25, -0.2) is 0 Å². The normalized spacial score (nSPS) is 10.7. The molecule has 3 N–H and O–H groups in total. The van der Waals surface area contributed by atoms with Gasteiger partial charge in [-0.3, -0.25) is 20.4 Å². The Balaban J connectivity index is 1.79. The molecule has 1 heterocycles. The van der Waals surface area contributed by atoms with E-state index in [1.165, 1.54) is 18.2 Å². The molecule has 6 nitrogen and oxygen atoms in total. The summed E-state index contributed by atoms with van der Waals surface area (Å²) in [5.41, 5.74) is 6.68. The molecular formula is C18H15ClN2O4. The molecule has 1 aromatic heterocycles. The maximum Gasteiger partial charge on any atom is 0.305 e. The number of halogens is 1. The van der Waals surface area contributed by atoms with Gasteiger partial charge in [-0.2, -0.15) is 0 Å². The minimum Gasteiger partial charge on any atom is -0.507 e. The van der Waals surface area contributed by atoms with Gasteiger partial charge in [0, 0.05) is 16.0 Å². The number of nitrogens with one attached hydrogen (secondary N) is 2. The Hall–Kier alpha value is -2.99. The van der Waals surface area contributed by atoms with Crippen molar-refractivity contribution in [2.24, 2.45) is 0 Å². The van der Waals surface area contributed by atoms with E-state index in [0.717, 1.165) is 10.9 Å². The van der Waals surface area contributed by atoms with E-state index in [2.05, 4.69) is 10.9 Å². The van der Waals surface area contributed by atoms with Crippen molar-refractivity contribution in [3.05, 3.63) is 63.9 Å². The summed E-state index contributed by atoms with van der Waals surface area (Å²) in [5.74, 6) is -1.42. The monoisotopic (exact) mass is 358 g/mol. The topological polar surface area (TPSA) is 91.6 Å². The molecule has 0 aliphatic heterocycles. The summed E-state index contributed by atoms with van der Waals surface area (Å²) in [6, 6.07) is 9.68. The Kier molecular flexibility index (Phi) is 4.37. The summed E-state index contributed by atoms with van der Waals surface area (Å²) in [6.45, 7) is 3.65. The zero-order valence-corrected chi connectivity index (χ0v) is 14.3. The van der Waals surface area contributed by atoms with Gasteiger partial charge in [-0.1, -0.05) is 29.8 Å². The number of benzene rings is 2. The average molecular weight is 359 g/mol. The lowest BCUT2D eigenvalue weighted by Crippen LogP contribution is -2.41. The first kappa shape index (κ1) is 16.9. The quantitative estimate of drug-likeness (QED) is 0.611. The number of hydrogen-bond acceptors (Lipinski definition) is 4. The summed E-state index contributed by atoms with van der Waals surface area (Å²) in [6.07, 6.45) is 0. The molecule has 25 heavy (non-hydrogen) atoms. The fourth-order valence-electron chi connectivity index (χ4n) is 2.53. The second-order valence-corrected chi connectivity index (χ2v) is 6.01. The molecule has 128 valence electrons. The van der Waals surface area contributed by atoms with Crippen molar-refractivity contribution in [1.29, 1.82) is 0 Å². The maximum atomic E-state index is 12.3. The minimum atomic E-state index is -0.696. The van der Waals surface area contributed by atoms with Crippen LogP contribution in [0.5, 0.6) is 5.75 Å². The predicted molar refractivity (Wildman–Crippen MR) is 93.7 cm³/mol. The number of furan rings is 1. The number of phenolic OH excluding ortho intramolecular Hbond substituents is 1. The number of fused-ring (bicyclic) bond motifs is 1. The summed E-state index contributed by atoms with van der Waals surface area (Å²) < 4.78 is 5.64. The standard InChI is InChI=1S/C18H15ClN2O4/c1-9-4-3-5-12-10(2)16(25-15(9)12)18(24)21-20-17(23)13-8-11(19)6-7-14(13)22/h3-8,22H,1-2H3,(H,20,23)(H,21,24). The maximum absolute atomic E-state index is 12.3. The van der Waals surface area contributed by atoms with Crippen LogP contribution in [0.15, 0.2) is 40.8 Å². The Labute approximate surface area is 148 Å². The molecule has 0 fully saturated rings. The smallest absolute Gasteiger partial charge is 0.305 e. The highest BCUT2D eigenvalue weighted by Crippen LogP contribution is 2.27. The average Bonchev–Trinajstić information content (AvgIpc) is 2.93. The van der Waals surface area contributed by atoms with Gasteiger partial charge in [-0.15, -0.1) is 0 Å². The molecule has 0 atom stereocenters. The molecular weight excluding hydrogens is 344 g/mol. The van der Waals surface area contributed by atoms with Gasteiger partial charge >= 0.3 is 5.91 Å². The molecule has 0 spiro atoms. The highest BCUT2D eigenvalue weighted by Gasteiger charge is 2.20. The number of rotatable bonds is 2. The highest BCUT2D eigenvalue weighted by atomic mass is 35.5. The van der Waals surface area contributed by atoms with E-state index >= 15 is 0 Å². The van der Waals surface area contributed by atoms with Gasteiger partial charge in [0.25, 0.3) is 5.91 Å². The van der Waals surface area contributed by atoms with E-state index in [1.807, 2.05) is 25.1 Å². The molecule has 0 aliphatic rings. The summed E-state index contributed by atoms with van der Waals surface area (Å²) in [4.78, 5) is 24.4. The zero-order valence-electron chi connectivity index (χ0n) is 13.5. The molecule has 0 unspecified atom stereocenters. The lowest BCUT2D eigenvalue weighted by Gasteiger charge is -2.08. The van der Waals surface area contributed by atoms with Gasteiger partial charge in [-0.05, 0) is 37.6 Å². The lowest BCUT2D eigenvalue weighted by molar-refractivity contribution is 0.0830. The molecule has 2 amide bonds. The van der Waals surface area contributed by atoms with Gasteiger partial charge in [0.1, 0.15) is 11.3 Å². The fraction of sp³-hybridized carbons (Fsp3) is 0.111. The minimum absolute atomic E-state index is 0.0510. The SMILES string of the molecule is Cc1c(C(=O)NNC(=O)c2cc(Cl)ccc2O)oc2c(C)cccc12. The fourth-order valence-corrected chi connectivity index (χ4v) is 2.70. The number of amides is 2. The van der Waals surface area contributed by atoms with Crippen LogP contribution in [-0.2, 0) is 0 Å². The third-order valence-electron chi connectivity index (χ3n) is 3.86. The second-order valence-electron chi connectivity index (χ2n) is 5.58. The molecule has 0 saturated carbocycles.